The molecule has 0 radical (unpaired) electrons. The van der Waals surface area contributed by atoms with E-state index in [0.717, 1.165) is 69.5 Å². The van der Waals surface area contributed by atoms with Crippen molar-refractivity contribution >= 4 is 51.3 Å². The molecule has 5 aromatic rings. The van der Waals surface area contributed by atoms with Gasteiger partial charge in [-0.1, -0.05) is 41.7 Å². The van der Waals surface area contributed by atoms with Crippen molar-refractivity contribution in [1.29, 1.82) is 0 Å². The minimum absolute atomic E-state index is 0.148. The fourth-order valence-corrected chi connectivity index (χ4v) is 9.81. The van der Waals surface area contributed by atoms with Crippen molar-refractivity contribution in [3.8, 4) is 10.8 Å². The number of fused-ring (bicyclic) bond motifs is 3. The summed E-state index contributed by atoms with van der Waals surface area (Å²) in [4.78, 5) is 47.6. The third kappa shape index (κ3) is 5.09. The Morgan fingerprint density at radius 2 is 1.83 bits per heavy atom. The number of ether oxygens (including phenoxy) is 2. The number of carbonyl (C=O) groups excluding carboxylic acids is 2. The number of hydrogen-bond acceptors (Lipinski definition) is 8. The number of nitrogens with zero attached hydrogens (tertiary/aromatic N) is 3. The van der Waals surface area contributed by atoms with Crippen LogP contribution < -0.4 is 19.6 Å². The average molecular weight is 680 g/mol. The molecule has 3 aromatic heterocycles. The molecular formula is C38H37N3O5S2. The van der Waals surface area contributed by atoms with Gasteiger partial charge in [-0.3, -0.25) is 14.2 Å². The Labute approximate surface area is 286 Å². The largest absolute Gasteiger partial charge is 0.496 e. The minimum atomic E-state index is -0.709. The van der Waals surface area contributed by atoms with Crippen LogP contribution in [0.25, 0.3) is 21.8 Å². The molecule has 8 nitrogen and oxygen atoms in total. The second-order valence-corrected chi connectivity index (χ2v) is 14.4. The molecular weight excluding hydrogens is 643 g/mol. The molecule has 0 saturated heterocycles. The van der Waals surface area contributed by atoms with E-state index in [2.05, 4.69) is 10.6 Å². The Hall–Kier alpha value is -4.54. The molecule has 0 spiro atoms. The van der Waals surface area contributed by atoms with E-state index in [0.29, 0.717) is 38.5 Å². The number of thiophene rings is 1. The summed E-state index contributed by atoms with van der Waals surface area (Å²) in [5.41, 5.74) is 6.13. The van der Waals surface area contributed by atoms with Gasteiger partial charge >= 0.3 is 5.97 Å². The molecule has 0 amide bonds. The molecule has 1 aliphatic carbocycles. The lowest BCUT2D eigenvalue weighted by Crippen LogP contribution is -2.39. The number of benzene rings is 2. The summed E-state index contributed by atoms with van der Waals surface area (Å²) in [5, 5.41) is 2.77. The molecule has 246 valence electrons. The van der Waals surface area contributed by atoms with Gasteiger partial charge in [0, 0.05) is 33.1 Å². The van der Waals surface area contributed by atoms with Crippen LogP contribution in [0.5, 0.6) is 5.75 Å². The first-order chi connectivity index (χ1) is 23.1. The zero-order valence-electron chi connectivity index (χ0n) is 27.9. The Kier molecular flexibility index (Phi) is 8.33. The van der Waals surface area contributed by atoms with Gasteiger partial charge in [-0.15, -0.1) is 11.3 Å². The maximum atomic E-state index is 14.5. The van der Waals surface area contributed by atoms with Crippen LogP contribution >= 0.6 is 22.7 Å². The molecule has 2 aromatic carbocycles. The highest BCUT2D eigenvalue weighted by Crippen LogP contribution is 2.41. The Bertz CT molecular complexity index is 2370. The highest BCUT2D eigenvalue weighted by Gasteiger charge is 2.34. The van der Waals surface area contributed by atoms with Crippen LogP contribution in [0, 0.1) is 13.8 Å². The smallest absolute Gasteiger partial charge is 0.341 e. The zero-order valence-corrected chi connectivity index (χ0v) is 29.6. The Balaban J connectivity index is 1.43. The number of aryl methyl sites for hydroxylation is 2. The number of allylic oxidation sites excluding steroid dienone is 2. The van der Waals surface area contributed by atoms with E-state index in [4.69, 9.17) is 14.5 Å². The summed E-state index contributed by atoms with van der Waals surface area (Å²) < 4.78 is 15.7. The molecule has 0 saturated carbocycles. The minimum Gasteiger partial charge on any atom is -0.496 e. The third-order valence-corrected chi connectivity index (χ3v) is 11.7. The van der Waals surface area contributed by atoms with E-state index in [-0.39, 0.29) is 17.3 Å². The van der Waals surface area contributed by atoms with Crippen molar-refractivity contribution in [2.75, 3.05) is 13.7 Å². The van der Waals surface area contributed by atoms with Crippen molar-refractivity contribution in [3.63, 3.8) is 0 Å². The van der Waals surface area contributed by atoms with Crippen LogP contribution in [0.1, 0.15) is 83.0 Å². The van der Waals surface area contributed by atoms with Crippen LogP contribution in [0.3, 0.4) is 0 Å². The van der Waals surface area contributed by atoms with Gasteiger partial charge in [-0.05, 0) is 100 Å². The number of thiazole rings is 1. The lowest BCUT2D eigenvalue weighted by molar-refractivity contribution is -0.114. The van der Waals surface area contributed by atoms with Gasteiger partial charge in [0.2, 0.25) is 0 Å². The Morgan fingerprint density at radius 1 is 1.06 bits per heavy atom. The second kappa shape index (κ2) is 12.5. The lowest BCUT2D eigenvalue weighted by atomic mass is 9.89. The SMILES string of the molecule is CCOC(=O)c1c(-n2c(C)cc(/C=c3\sc4n(c3=O)[C@@H](c3c(OC)ccc5ccccc35)C(C(C)=O)=C(C)N=4)c2C)sc2c1CCCC2. The van der Waals surface area contributed by atoms with Crippen LogP contribution in [0.15, 0.2) is 63.5 Å². The van der Waals surface area contributed by atoms with Gasteiger partial charge in [0.05, 0.1) is 29.9 Å². The fraction of sp³-hybridized carbons (Fsp3) is 0.316. The van der Waals surface area contributed by atoms with E-state index < -0.39 is 6.04 Å². The van der Waals surface area contributed by atoms with Gasteiger partial charge in [0.25, 0.3) is 5.56 Å². The molecule has 0 fully saturated rings. The van der Waals surface area contributed by atoms with Crippen molar-refractivity contribution in [1.82, 2.24) is 9.13 Å². The first-order valence-corrected chi connectivity index (χ1v) is 17.9. The topological polar surface area (TPSA) is 91.9 Å². The molecule has 1 aliphatic heterocycles. The predicted octanol–water partition coefficient (Wildman–Crippen LogP) is 6.51. The van der Waals surface area contributed by atoms with Crippen molar-refractivity contribution < 1.29 is 19.1 Å². The summed E-state index contributed by atoms with van der Waals surface area (Å²) >= 11 is 2.98. The van der Waals surface area contributed by atoms with Crippen LogP contribution in [-0.2, 0) is 22.4 Å². The van der Waals surface area contributed by atoms with E-state index >= 15 is 0 Å². The molecule has 0 unspecified atom stereocenters. The van der Waals surface area contributed by atoms with Crippen LogP contribution in [0.4, 0.5) is 0 Å². The van der Waals surface area contributed by atoms with E-state index in [1.54, 1.807) is 23.0 Å². The van der Waals surface area contributed by atoms with E-state index in [1.807, 2.05) is 70.2 Å². The second-order valence-electron chi connectivity index (χ2n) is 12.3. The molecule has 4 heterocycles. The molecule has 2 aliphatic rings. The number of ketones is 1. The van der Waals surface area contributed by atoms with Gasteiger partial charge in [-0.2, -0.15) is 0 Å². The molecule has 7 rings (SSSR count). The highest BCUT2D eigenvalue weighted by molar-refractivity contribution is 7.15. The van der Waals surface area contributed by atoms with Crippen molar-refractivity contribution in [2.45, 2.75) is 66.3 Å². The molecule has 0 N–H and O–H groups in total. The number of hydrogen-bond donors (Lipinski definition) is 0. The number of Topliss-reactive ketones (excluding diaryl/α,β-unsaturated/α-hetero) is 1. The van der Waals surface area contributed by atoms with Crippen LogP contribution in [-0.4, -0.2) is 34.6 Å². The molecule has 1 atom stereocenters. The van der Waals surface area contributed by atoms with Gasteiger partial charge < -0.3 is 14.0 Å². The normalized spacial score (nSPS) is 16.1. The Morgan fingerprint density at radius 3 is 2.58 bits per heavy atom. The fourth-order valence-electron chi connectivity index (χ4n) is 7.29. The zero-order chi connectivity index (χ0) is 33.9. The number of rotatable bonds is 7. The van der Waals surface area contributed by atoms with Gasteiger partial charge in [-0.25, -0.2) is 9.79 Å². The molecule has 48 heavy (non-hydrogen) atoms. The summed E-state index contributed by atoms with van der Waals surface area (Å²) in [6, 6.07) is 13.1. The molecule has 0 bridgehead atoms. The maximum absolute atomic E-state index is 14.5. The van der Waals surface area contributed by atoms with Gasteiger partial charge in [0.1, 0.15) is 10.8 Å². The lowest BCUT2D eigenvalue weighted by Gasteiger charge is -2.27. The van der Waals surface area contributed by atoms with Crippen molar-refractivity contribution in [3.05, 3.63) is 112 Å². The summed E-state index contributed by atoms with van der Waals surface area (Å²) in [6.45, 7) is 9.54. The number of aromatic nitrogens is 2. The average Bonchev–Trinajstić information content (AvgIpc) is 3.69. The first-order valence-electron chi connectivity index (χ1n) is 16.2. The number of methoxy groups -OCH3 is 1. The highest BCUT2D eigenvalue weighted by atomic mass is 32.1. The number of esters is 1. The predicted molar refractivity (Wildman–Crippen MR) is 191 cm³/mol. The standard InChI is InChI=1S/C38H37N3O5S2/c1-7-46-37(44)33-27-14-10-11-15-29(27)47-36(33)40-20(2)18-25(22(40)4)19-30-35(43)41-34(31(23(5)42)21(3)39-38(41)48-30)32-26-13-9-8-12-24(26)16-17-28(32)45-6/h8-9,12-13,16-19,34H,7,10-11,14-15H2,1-6H3/b30-19-/t34-/m1/s1. The van der Waals surface area contributed by atoms with Crippen LogP contribution in [0.2, 0.25) is 0 Å². The monoisotopic (exact) mass is 679 g/mol. The first kappa shape index (κ1) is 32.0. The molecule has 10 heteroatoms. The van der Waals surface area contributed by atoms with Gasteiger partial charge in [0.15, 0.2) is 10.6 Å². The quantitative estimate of drug-likeness (QED) is 0.183. The number of carbonyl (C=O) groups is 2. The van der Waals surface area contributed by atoms with Crippen molar-refractivity contribution in [2.24, 2.45) is 4.99 Å². The maximum Gasteiger partial charge on any atom is 0.341 e. The third-order valence-electron chi connectivity index (χ3n) is 9.42. The summed E-state index contributed by atoms with van der Waals surface area (Å²) in [5.74, 6) is 0.168. The summed E-state index contributed by atoms with van der Waals surface area (Å²) in [6.07, 6.45) is 5.91. The van der Waals surface area contributed by atoms with E-state index in [1.165, 1.54) is 23.1 Å². The summed E-state index contributed by atoms with van der Waals surface area (Å²) in [7, 11) is 1.61. The van der Waals surface area contributed by atoms with E-state index in [9.17, 15) is 14.4 Å².